The second kappa shape index (κ2) is 4.30. The Morgan fingerprint density at radius 3 is 3.00 bits per heavy atom. The van der Waals surface area contributed by atoms with Crippen molar-refractivity contribution in [2.75, 3.05) is 23.4 Å². The van der Waals surface area contributed by atoms with Crippen LogP contribution in [-0.4, -0.2) is 44.7 Å². The molecule has 0 radical (unpaired) electrons. The number of hydrogen-bond acceptors (Lipinski definition) is 7. The zero-order valence-electron chi connectivity index (χ0n) is 11.3. The van der Waals surface area contributed by atoms with Crippen LogP contribution < -0.4 is 21.5 Å². The number of aromatic nitrogens is 4. The predicted molar refractivity (Wildman–Crippen MR) is 73.9 cm³/mol. The van der Waals surface area contributed by atoms with Crippen molar-refractivity contribution < 1.29 is 4.79 Å². The Labute approximate surface area is 114 Å². The fourth-order valence-corrected chi connectivity index (χ4v) is 2.36. The monoisotopic (exact) mass is 276 g/mol. The van der Waals surface area contributed by atoms with Crippen LogP contribution in [0.2, 0.25) is 0 Å². The molecule has 1 fully saturated rings. The van der Waals surface area contributed by atoms with E-state index in [9.17, 15) is 4.79 Å². The minimum Gasteiger partial charge on any atom is -0.352 e. The number of nitrogen functional groups attached to an aromatic ring is 1. The summed E-state index contributed by atoms with van der Waals surface area (Å²) in [5.41, 5.74) is 2.30. The van der Waals surface area contributed by atoms with E-state index in [1.54, 1.807) is 6.20 Å². The molecule has 0 unspecified atom stereocenters. The highest BCUT2D eigenvalue weighted by Crippen LogP contribution is 2.30. The highest BCUT2D eigenvalue weighted by atomic mass is 16.2. The second-order valence-corrected chi connectivity index (χ2v) is 5.11. The lowest BCUT2D eigenvalue weighted by molar-refractivity contribution is -0.126. The van der Waals surface area contributed by atoms with Crippen molar-refractivity contribution in [1.82, 2.24) is 25.5 Å². The molecule has 9 nitrogen and oxygen atoms in total. The van der Waals surface area contributed by atoms with Crippen LogP contribution >= 0.6 is 0 Å². The SMILES string of the molecule is CC1(C)C(=O)NCCN1c1nc(NN)nc2[nH]ncc12. The fraction of sp³-hybridized carbons (Fsp3) is 0.455. The number of amides is 1. The van der Waals surface area contributed by atoms with Gasteiger partial charge in [-0.25, -0.2) is 5.84 Å². The molecule has 3 rings (SSSR count). The standard InChI is InChI=1S/C11H16N8O/c1-11(2)9(20)13-3-4-19(11)8-6-5-14-18-7(6)15-10(16-8)17-12/h5H,3-4,12H2,1-2H3,(H,13,20)(H2,14,15,16,17,18). The number of carbonyl (C=O) groups is 1. The molecule has 3 heterocycles. The maximum Gasteiger partial charge on any atom is 0.245 e. The van der Waals surface area contributed by atoms with Gasteiger partial charge in [0.15, 0.2) is 5.65 Å². The molecule has 1 aliphatic rings. The largest absolute Gasteiger partial charge is 0.352 e. The van der Waals surface area contributed by atoms with Gasteiger partial charge in [-0.15, -0.1) is 0 Å². The van der Waals surface area contributed by atoms with Crippen LogP contribution in [0, 0.1) is 0 Å². The number of hydrazine groups is 1. The van der Waals surface area contributed by atoms with Crippen LogP contribution in [0.5, 0.6) is 0 Å². The van der Waals surface area contributed by atoms with Crippen molar-refractivity contribution in [2.24, 2.45) is 5.84 Å². The predicted octanol–water partition coefficient (Wildman–Crippen LogP) is -0.647. The first-order valence-corrected chi connectivity index (χ1v) is 6.27. The lowest BCUT2D eigenvalue weighted by Crippen LogP contribution is -2.62. The third-order valence-electron chi connectivity index (χ3n) is 3.53. The number of H-pyrrole nitrogens is 1. The summed E-state index contributed by atoms with van der Waals surface area (Å²) in [5.74, 6) is 6.27. The van der Waals surface area contributed by atoms with E-state index < -0.39 is 5.54 Å². The summed E-state index contributed by atoms with van der Waals surface area (Å²) in [6, 6.07) is 0. The van der Waals surface area contributed by atoms with Crippen molar-refractivity contribution in [3.8, 4) is 0 Å². The van der Waals surface area contributed by atoms with Gasteiger partial charge >= 0.3 is 0 Å². The van der Waals surface area contributed by atoms with E-state index in [0.29, 0.717) is 24.6 Å². The fourth-order valence-electron chi connectivity index (χ4n) is 2.36. The lowest BCUT2D eigenvalue weighted by Gasteiger charge is -2.42. The van der Waals surface area contributed by atoms with Crippen LogP contribution in [0.1, 0.15) is 13.8 Å². The first kappa shape index (κ1) is 12.6. The number of nitrogens with two attached hydrogens (primary N) is 1. The molecule has 1 amide bonds. The van der Waals surface area contributed by atoms with Crippen molar-refractivity contribution >= 4 is 28.7 Å². The normalized spacial score (nSPS) is 18.1. The summed E-state index contributed by atoms with van der Waals surface area (Å²) in [7, 11) is 0. The van der Waals surface area contributed by atoms with E-state index in [0.717, 1.165) is 5.39 Å². The first-order valence-electron chi connectivity index (χ1n) is 6.27. The van der Waals surface area contributed by atoms with Gasteiger partial charge in [-0.05, 0) is 13.8 Å². The second-order valence-electron chi connectivity index (χ2n) is 5.11. The third-order valence-corrected chi connectivity index (χ3v) is 3.53. The molecule has 2 aromatic heterocycles. The Bertz CT molecular complexity index is 663. The Balaban J connectivity index is 2.17. The van der Waals surface area contributed by atoms with E-state index in [4.69, 9.17) is 5.84 Å². The van der Waals surface area contributed by atoms with Crippen LogP contribution in [0.4, 0.5) is 11.8 Å². The van der Waals surface area contributed by atoms with Crippen LogP contribution in [0.25, 0.3) is 11.0 Å². The van der Waals surface area contributed by atoms with E-state index in [2.05, 4.69) is 30.9 Å². The number of anilines is 2. The zero-order valence-corrected chi connectivity index (χ0v) is 11.3. The van der Waals surface area contributed by atoms with Crippen molar-refractivity contribution in [2.45, 2.75) is 19.4 Å². The average Bonchev–Trinajstić information content (AvgIpc) is 2.89. The summed E-state index contributed by atoms with van der Waals surface area (Å²) in [6.07, 6.45) is 1.65. The molecule has 5 N–H and O–H groups in total. The van der Waals surface area contributed by atoms with Crippen molar-refractivity contribution in [3.05, 3.63) is 6.20 Å². The number of fused-ring (bicyclic) bond motifs is 1. The molecule has 0 bridgehead atoms. The van der Waals surface area contributed by atoms with E-state index in [1.165, 1.54) is 0 Å². The van der Waals surface area contributed by atoms with Gasteiger partial charge in [0.05, 0.1) is 11.6 Å². The highest BCUT2D eigenvalue weighted by molar-refractivity contribution is 5.95. The maximum absolute atomic E-state index is 12.1. The topological polar surface area (TPSA) is 125 Å². The molecule has 1 aliphatic heterocycles. The summed E-state index contributed by atoms with van der Waals surface area (Å²) >= 11 is 0. The molecule has 0 atom stereocenters. The van der Waals surface area contributed by atoms with E-state index in [-0.39, 0.29) is 11.9 Å². The van der Waals surface area contributed by atoms with Crippen molar-refractivity contribution in [3.63, 3.8) is 0 Å². The number of aromatic amines is 1. The first-order chi connectivity index (χ1) is 9.54. The molecule has 2 aromatic rings. The number of nitrogens with zero attached hydrogens (tertiary/aromatic N) is 4. The van der Waals surface area contributed by atoms with Gasteiger partial charge in [-0.1, -0.05) is 0 Å². The number of piperazine rings is 1. The van der Waals surface area contributed by atoms with E-state index in [1.807, 2.05) is 18.7 Å². The summed E-state index contributed by atoms with van der Waals surface area (Å²) < 4.78 is 0. The molecule has 9 heteroatoms. The Hall–Kier alpha value is -2.42. The minimum atomic E-state index is -0.706. The number of carbonyl (C=O) groups excluding carboxylic acids is 1. The third kappa shape index (κ3) is 1.74. The molecule has 0 aromatic carbocycles. The number of hydrogen-bond donors (Lipinski definition) is 4. The van der Waals surface area contributed by atoms with Gasteiger partial charge < -0.3 is 10.2 Å². The highest BCUT2D eigenvalue weighted by Gasteiger charge is 2.39. The Morgan fingerprint density at radius 1 is 1.45 bits per heavy atom. The lowest BCUT2D eigenvalue weighted by atomic mass is 9.98. The maximum atomic E-state index is 12.1. The summed E-state index contributed by atoms with van der Waals surface area (Å²) in [6.45, 7) is 4.92. The molecule has 0 saturated carbocycles. The molecular weight excluding hydrogens is 260 g/mol. The molecule has 20 heavy (non-hydrogen) atoms. The van der Waals surface area contributed by atoms with Gasteiger partial charge in [-0.3, -0.25) is 15.3 Å². The zero-order chi connectivity index (χ0) is 14.3. The minimum absolute atomic E-state index is 0.0405. The molecule has 106 valence electrons. The molecule has 0 spiro atoms. The average molecular weight is 276 g/mol. The smallest absolute Gasteiger partial charge is 0.245 e. The van der Waals surface area contributed by atoms with Crippen molar-refractivity contribution in [1.29, 1.82) is 0 Å². The van der Waals surface area contributed by atoms with Gasteiger partial charge in [0.1, 0.15) is 11.4 Å². The van der Waals surface area contributed by atoms with Crippen LogP contribution in [0.15, 0.2) is 6.20 Å². The Morgan fingerprint density at radius 2 is 2.25 bits per heavy atom. The molecule has 1 saturated heterocycles. The van der Waals surface area contributed by atoms with Crippen LogP contribution in [0.3, 0.4) is 0 Å². The Kier molecular flexibility index (Phi) is 2.71. The van der Waals surface area contributed by atoms with E-state index >= 15 is 0 Å². The summed E-state index contributed by atoms with van der Waals surface area (Å²) in [4.78, 5) is 22.6. The van der Waals surface area contributed by atoms with Gasteiger partial charge in [0.25, 0.3) is 0 Å². The quantitative estimate of drug-likeness (QED) is 0.424. The summed E-state index contributed by atoms with van der Waals surface area (Å²) in [5, 5.41) is 10.4. The molecular formula is C11H16N8O. The van der Waals surface area contributed by atoms with Gasteiger partial charge in [-0.2, -0.15) is 15.1 Å². The van der Waals surface area contributed by atoms with Crippen LogP contribution in [-0.2, 0) is 4.79 Å². The number of rotatable bonds is 2. The van der Waals surface area contributed by atoms with Gasteiger partial charge in [0, 0.05) is 13.1 Å². The van der Waals surface area contributed by atoms with Gasteiger partial charge in [0.2, 0.25) is 11.9 Å². The number of nitrogens with one attached hydrogen (secondary N) is 3. The molecule has 0 aliphatic carbocycles.